The normalized spacial score (nSPS) is 10.4. The molecule has 0 atom stereocenters. The van der Waals surface area contributed by atoms with E-state index in [0.29, 0.717) is 22.8 Å². The minimum absolute atomic E-state index is 0.0188. The quantitative estimate of drug-likeness (QED) is 0.584. The smallest absolute Gasteiger partial charge is 0.258 e. The van der Waals surface area contributed by atoms with Gasteiger partial charge in [0.25, 0.3) is 5.91 Å². The van der Waals surface area contributed by atoms with Crippen LogP contribution in [0.1, 0.15) is 5.56 Å². The van der Waals surface area contributed by atoms with Gasteiger partial charge >= 0.3 is 0 Å². The van der Waals surface area contributed by atoms with Gasteiger partial charge in [0.05, 0.1) is 45.1 Å². The first-order valence-corrected chi connectivity index (χ1v) is 8.82. The molecule has 0 aliphatic carbocycles. The number of benzene rings is 2. The summed E-state index contributed by atoms with van der Waals surface area (Å²) >= 11 is 0. The number of carbonyl (C=O) groups is 2. The van der Waals surface area contributed by atoms with Crippen LogP contribution in [0.4, 0.5) is 0 Å². The van der Waals surface area contributed by atoms with Gasteiger partial charge in [-0.25, -0.2) is 4.98 Å². The van der Waals surface area contributed by atoms with Crippen molar-refractivity contribution in [3.63, 3.8) is 0 Å². The van der Waals surface area contributed by atoms with Gasteiger partial charge in [-0.05, 0) is 29.8 Å². The van der Waals surface area contributed by atoms with Crippen LogP contribution in [0.5, 0.6) is 17.2 Å². The molecule has 3 rings (SSSR count). The van der Waals surface area contributed by atoms with Crippen LogP contribution in [0.3, 0.4) is 0 Å². The number of nitrogens with one attached hydrogen (secondary N) is 2. The summed E-state index contributed by atoms with van der Waals surface area (Å²) in [6, 6.07) is 10.9. The molecule has 1 aromatic heterocycles. The molecular formula is C20H22N4O5. The largest absolute Gasteiger partial charge is 0.493 e. The van der Waals surface area contributed by atoms with Crippen LogP contribution in [-0.4, -0.2) is 42.7 Å². The number of hydrogen-bond donors (Lipinski definition) is 2. The van der Waals surface area contributed by atoms with Gasteiger partial charge in [0.2, 0.25) is 11.7 Å². The van der Waals surface area contributed by atoms with E-state index in [2.05, 4.69) is 15.8 Å². The molecule has 0 bridgehead atoms. The lowest BCUT2D eigenvalue weighted by Crippen LogP contribution is -2.43. The molecule has 0 spiro atoms. The lowest BCUT2D eigenvalue weighted by atomic mass is 10.1. The Hall–Kier alpha value is -3.75. The molecule has 0 saturated heterocycles. The second-order valence-electron chi connectivity index (χ2n) is 6.17. The summed E-state index contributed by atoms with van der Waals surface area (Å²) in [4.78, 5) is 28.6. The Labute approximate surface area is 167 Å². The second kappa shape index (κ2) is 8.96. The third-order valence-electron chi connectivity index (χ3n) is 4.27. The number of rotatable bonds is 7. The number of carbonyl (C=O) groups excluding carboxylic acids is 2. The Morgan fingerprint density at radius 1 is 0.966 bits per heavy atom. The summed E-state index contributed by atoms with van der Waals surface area (Å²) < 4.78 is 17.5. The number of hydrazine groups is 1. The van der Waals surface area contributed by atoms with Crippen LogP contribution in [0.25, 0.3) is 11.0 Å². The Morgan fingerprint density at radius 2 is 1.62 bits per heavy atom. The van der Waals surface area contributed by atoms with Crippen molar-refractivity contribution < 1.29 is 23.8 Å². The van der Waals surface area contributed by atoms with Crippen LogP contribution in [0, 0.1) is 0 Å². The number of aromatic nitrogens is 2. The van der Waals surface area contributed by atoms with Gasteiger partial charge in [-0.1, -0.05) is 12.1 Å². The van der Waals surface area contributed by atoms with Crippen LogP contribution >= 0.6 is 0 Å². The molecule has 0 aliphatic rings. The van der Waals surface area contributed by atoms with E-state index in [9.17, 15) is 9.59 Å². The predicted molar refractivity (Wildman–Crippen MR) is 106 cm³/mol. The van der Waals surface area contributed by atoms with E-state index in [-0.39, 0.29) is 24.8 Å². The average Bonchev–Trinajstić information content (AvgIpc) is 3.14. The van der Waals surface area contributed by atoms with E-state index >= 15 is 0 Å². The van der Waals surface area contributed by atoms with Crippen molar-refractivity contribution in [3.05, 3.63) is 48.3 Å². The summed E-state index contributed by atoms with van der Waals surface area (Å²) in [5, 5.41) is 0. The molecule has 0 fully saturated rings. The maximum absolute atomic E-state index is 12.2. The van der Waals surface area contributed by atoms with Crippen molar-refractivity contribution in [1.29, 1.82) is 0 Å². The van der Waals surface area contributed by atoms with Crippen molar-refractivity contribution in [2.45, 2.75) is 13.0 Å². The molecule has 9 heteroatoms. The molecule has 9 nitrogen and oxygen atoms in total. The molecule has 2 amide bonds. The maximum Gasteiger partial charge on any atom is 0.258 e. The van der Waals surface area contributed by atoms with Gasteiger partial charge in [-0.15, -0.1) is 0 Å². The number of imidazole rings is 1. The highest BCUT2D eigenvalue weighted by atomic mass is 16.5. The van der Waals surface area contributed by atoms with Gasteiger partial charge in [0.15, 0.2) is 11.5 Å². The van der Waals surface area contributed by atoms with Crippen molar-refractivity contribution >= 4 is 22.8 Å². The number of amides is 2. The molecule has 3 aromatic rings. The fraction of sp³-hybridized carbons (Fsp3) is 0.250. The summed E-state index contributed by atoms with van der Waals surface area (Å²) in [7, 11) is 4.51. The molecule has 2 aromatic carbocycles. The average molecular weight is 398 g/mol. The fourth-order valence-corrected chi connectivity index (χ4v) is 2.94. The molecule has 1 heterocycles. The zero-order valence-electron chi connectivity index (χ0n) is 16.4. The summed E-state index contributed by atoms with van der Waals surface area (Å²) in [5.41, 5.74) is 7.10. The third-order valence-corrected chi connectivity index (χ3v) is 4.27. The van der Waals surface area contributed by atoms with E-state index in [1.807, 2.05) is 24.3 Å². The van der Waals surface area contributed by atoms with Crippen molar-refractivity contribution in [2.75, 3.05) is 21.3 Å². The number of ether oxygens (including phenoxy) is 3. The lowest BCUT2D eigenvalue weighted by Gasteiger charge is -2.14. The monoisotopic (exact) mass is 398 g/mol. The minimum atomic E-state index is -0.386. The van der Waals surface area contributed by atoms with E-state index in [4.69, 9.17) is 14.2 Å². The van der Waals surface area contributed by atoms with Crippen molar-refractivity contribution in [3.8, 4) is 17.2 Å². The zero-order valence-corrected chi connectivity index (χ0v) is 16.4. The first-order valence-electron chi connectivity index (χ1n) is 8.82. The third kappa shape index (κ3) is 4.57. The zero-order chi connectivity index (χ0) is 20.8. The van der Waals surface area contributed by atoms with Crippen LogP contribution in [0.15, 0.2) is 42.7 Å². The minimum Gasteiger partial charge on any atom is -0.493 e. The molecule has 0 unspecified atom stereocenters. The topological polar surface area (TPSA) is 104 Å². The first-order chi connectivity index (χ1) is 14.0. The van der Waals surface area contributed by atoms with Gasteiger partial charge < -0.3 is 18.8 Å². The number of para-hydroxylation sites is 2. The van der Waals surface area contributed by atoms with E-state index in [1.165, 1.54) is 21.3 Å². The molecule has 152 valence electrons. The molecule has 0 aliphatic heterocycles. The van der Waals surface area contributed by atoms with E-state index < -0.39 is 0 Å². The van der Waals surface area contributed by atoms with Gasteiger partial charge in [0.1, 0.15) is 6.54 Å². The second-order valence-corrected chi connectivity index (χ2v) is 6.17. The predicted octanol–water partition coefficient (Wildman–Crippen LogP) is 1.45. The Kier molecular flexibility index (Phi) is 6.18. The van der Waals surface area contributed by atoms with Gasteiger partial charge in [-0.3, -0.25) is 20.4 Å². The molecule has 0 radical (unpaired) electrons. The standard InChI is InChI=1S/C20H22N4O5/c1-27-16-8-13(9-17(28-2)20(16)29-3)10-18(25)22-23-19(26)11-24-12-21-14-6-4-5-7-15(14)24/h4-9,12H,10-11H2,1-3H3,(H,22,25)(H,23,26). The molecule has 2 N–H and O–H groups in total. The SMILES string of the molecule is COc1cc(CC(=O)NNC(=O)Cn2cnc3ccccc32)cc(OC)c1OC. The fourth-order valence-electron chi connectivity index (χ4n) is 2.94. The van der Waals surface area contributed by atoms with E-state index in [1.54, 1.807) is 23.0 Å². The molecular weight excluding hydrogens is 376 g/mol. The Bertz CT molecular complexity index is 1010. The van der Waals surface area contributed by atoms with Crippen molar-refractivity contribution in [1.82, 2.24) is 20.4 Å². The van der Waals surface area contributed by atoms with Gasteiger partial charge in [0, 0.05) is 0 Å². The Morgan fingerprint density at radius 3 is 2.28 bits per heavy atom. The summed E-state index contributed by atoms with van der Waals surface area (Å²) in [6.07, 6.45) is 1.60. The number of nitrogens with zero attached hydrogens (tertiary/aromatic N) is 2. The van der Waals surface area contributed by atoms with Gasteiger partial charge in [-0.2, -0.15) is 0 Å². The first kappa shape index (κ1) is 20.0. The maximum atomic E-state index is 12.2. The Balaban J connectivity index is 1.59. The number of methoxy groups -OCH3 is 3. The highest BCUT2D eigenvalue weighted by molar-refractivity contribution is 5.84. The van der Waals surface area contributed by atoms with E-state index in [0.717, 1.165) is 11.0 Å². The number of hydrogen-bond acceptors (Lipinski definition) is 6. The highest BCUT2D eigenvalue weighted by Gasteiger charge is 2.15. The van der Waals surface area contributed by atoms with Crippen molar-refractivity contribution in [2.24, 2.45) is 0 Å². The highest BCUT2D eigenvalue weighted by Crippen LogP contribution is 2.38. The number of fused-ring (bicyclic) bond motifs is 1. The van der Waals surface area contributed by atoms with Crippen LogP contribution < -0.4 is 25.1 Å². The molecule has 29 heavy (non-hydrogen) atoms. The molecule has 0 saturated carbocycles. The van der Waals surface area contributed by atoms with Crippen LogP contribution in [0.2, 0.25) is 0 Å². The van der Waals surface area contributed by atoms with Crippen LogP contribution in [-0.2, 0) is 22.6 Å². The lowest BCUT2D eigenvalue weighted by molar-refractivity contribution is -0.128. The summed E-state index contributed by atoms with van der Waals surface area (Å²) in [5.74, 6) is 0.589. The summed E-state index contributed by atoms with van der Waals surface area (Å²) in [6.45, 7) is 0.0327.